The number of carbonyl (C=O) groups is 1. The van der Waals surface area contributed by atoms with Gasteiger partial charge in [-0.2, -0.15) is 0 Å². The lowest BCUT2D eigenvalue weighted by molar-refractivity contribution is -0.127. The third kappa shape index (κ3) is 8.95. The highest BCUT2D eigenvalue weighted by Gasteiger charge is 2.13. The van der Waals surface area contributed by atoms with Crippen molar-refractivity contribution >= 4 is 11.9 Å². The van der Waals surface area contributed by atoms with Gasteiger partial charge in [-0.3, -0.25) is 4.79 Å². The molecule has 7 heteroatoms. The van der Waals surface area contributed by atoms with Crippen LogP contribution in [0.15, 0.2) is 27.8 Å². The van der Waals surface area contributed by atoms with Gasteiger partial charge in [0.05, 0.1) is 12.4 Å². The van der Waals surface area contributed by atoms with Gasteiger partial charge in [-0.1, -0.05) is 19.3 Å². The van der Waals surface area contributed by atoms with E-state index < -0.39 is 0 Å². The lowest BCUT2D eigenvalue weighted by Gasteiger charge is -2.22. The summed E-state index contributed by atoms with van der Waals surface area (Å²) in [5, 5.41) is 6.55. The molecular weight excluding hydrogens is 344 g/mol. The fourth-order valence-electron chi connectivity index (χ4n) is 2.98. The van der Waals surface area contributed by atoms with Gasteiger partial charge in [-0.25, -0.2) is 4.99 Å². The average Bonchev–Trinajstić information content (AvgIpc) is 3.19. The van der Waals surface area contributed by atoms with E-state index in [2.05, 4.69) is 15.6 Å². The molecule has 1 saturated carbocycles. The Hall–Kier alpha value is -2.02. The van der Waals surface area contributed by atoms with Gasteiger partial charge in [0.25, 0.3) is 0 Å². The summed E-state index contributed by atoms with van der Waals surface area (Å²) in [5.74, 6) is 1.55. The van der Waals surface area contributed by atoms with Crippen molar-refractivity contribution in [1.29, 1.82) is 0 Å². The normalized spacial score (nSPS) is 15.6. The summed E-state index contributed by atoms with van der Waals surface area (Å²) >= 11 is 0. The Morgan fingerprint density at radius 2 is 2.04 bits per heavy atom. The topological polar surface area (TPSA) is 79.1 Å². The molecule has 0 unspecified atom stereocenters. The molecule has 27 heavy (non-hydrogen) atoms. The fourth-order valence-corrected chi connectivity index (χ4v) is 2.98. The van der Waals surface area contributed by atoms with E-state index in [4.69, 9.17) is 9.15 Å². The van der Waals surface area contributed by atoms with Crippen molar-refractivity contribution < 1.29 is 13.9 Å². The number of rotatable bonds is 10. The van der Waals surface area contributed by atoms with Crippen LogP contribution in [0.25, 0.3) is 0 Å². The number of nitrogens with zero attached hydrogens (tertiary/aromatic N) is 2. The third-order valence-corrected chi connectivity index (χ3v) is 4.63. The molecule has 0 spiro atoms. The zero-order valence-corrected chi connectivity index (χ0v) is 16.7. The Morgan fingerprint density at radius 1 is 1.26 bits per heavy atom. The number of likely N-dealkylation sites (N-methyl/N-ethyl adjacent to an activating group) is 1. The minimum absolute atomic E-state index is 0.0252. The van der Waals surface area contributed by atoms with E-state index in [-0.39, 0.29) is 12.5 Å². The molecule has 0 bridgehead atoms. The molecule has 1 aliphatic rings. The van der Waals surface area contributed by atoms with Crippen LogP contribution in [0.1, 0.15) is 44.3 Å². The largest absolute Gasteiger partial charge is 0.469 e. The number of aliphatic imine (C=N–C) groups is 1. The first-order chi connectivity index (χ1) is 13.1. The summed E-state index contributed by atoms with van der Waals surface area (Å²) in [6, 6.07) is 3.83. The van der Waals surface area contributed by atoms with Gasteiger partial charge in [-0.05, 0) is 31.4 Å². The second kappa shape index (κ2) is 12.4. The number of nitrogens with one attached hydrogen (secondary N) is 2. The maximum absolute atomic E-state index is 11.8. The lowest BCUT2D eigenvalue weighted by atomic mass is 9.98. The van der Waals surface area contributed by atoms with Crippen LogP contribution < -0.4 is 10.6 Å². The fraction of sp³-hybridized carbons (Fsp3) is 0.700. The number of carbonyl (C=O) groups excluding carboxylic acids is 1. The quantitative estimate of drug-likeness (QED) is 0.371. The summed E-state index contributed by atoms with van der Waals surface area (Å²) in [5.41, 5.74) is 0. The number of guanidine groups is 1. The first-order valence-electron chi connectivity index (χ1n) is 10.0. The third-order valence-electron chi connectivity index (χ3n) is 4.63. The summed E-state index contributed by atoms with van der Waals surface area (Å²) in [6.45, 7) is 2.33. The molecule has 1 aromatic heterocycles. The Bertz CT molecular complexity index is 552. The maximum atomic E-state index is 11.8. The van der Waals surface area contributed by atoms with Crippen LogP contribution in [0.5, 0.6) is 0 Å². The van der Waals surface area contributed by atoms with E-state index in [0.717, 1.165) is 31.8 Å². The molecule has 0 aromatic carbocycles. The van der Waals surface area contributed by atoms with Gasteiger partial charge in [0.1, 0.15) is 12.3 Å². The molecule has 1 aromatic rings. The van der Waals surface area contributed by atoms with E-state index in [9.17, 15) is 4.79 Å². The minimum Gasteiger partial charge on any atom is -0.469 e. The summed E-state index contributed by atoms with van der Waals surface area (Å²) in [7, 11) is 3.47. The molecule has 7 nitrogen and oxygen atoms in total. The maximum Gasteiger partial charge on any atom is 0.243 e. The molecular formula is C20H34N4O3. The smallest absolute Gasteiger partial charge is 0.243 e. The average molecular weight is 379 g/mol. The van der Waals surface area contributed by atoms with E-state index in [1.165, 1.54) is 32.1 Å². The Morgan fingerprint density at radius 3 is 2.74 bits per heavy atom. The van der Waals surface area contributed by atoms with Crippen LogP contribution in [0.4, 0.5) is 0 Å². The highest BCUT2D eigenvalue weighted by molar-refractivity contribution is 5.84. The summed E-state index contributed by atoms with van der Waals surface area (Å²) in [4.78, 5) is 17.7. The van der Waals surface area contributed by atoms with Gasteiger partial charge in [0, 0.05) is 40.2 Å². The molecule has 2 N–H and O–H groups in total. The van der Waals surface area contributed by atoms with E-state index >= 15 is 0 Å². The molecule has 1 amide bonds. The Balaban J connectivity index is 1.69. The molecule has 0 aliphatic heterocycles. The van der Waals surface area contributed by atoms with Gasteiger partial charge in [0.2, 0.25) is 5.91 Å². The van der Waals surface area contributed by atoms with E-state index in [1.807, 2.05) is 12.1 Å². The first kappa shape index (κ1) is 21.3. The standard InChI is InChI=1S/C20H34N4O3/c1-24(2)19(25)16-23-20(22-13-11-18-10-6-14-26-18)21-12-7-15-27-17-8-4-3-5-9-17/h6,10,14,17H,3-5,7-9,11-13,15-16H2,1-2H3,(H2,21,22,23). The lowest BCUT2D eigenvalue weighted by Crippen LogP contribution is -2.40. The number of amides is 1. The molecule has 152 valence electrons. The molecule has 1 fully saturated rings. The molecule has 0 radical (unpaired) electrons. The van der Waals surface area contributed by atoms with E-state index in [0.29, 0.717) is 18.6 Å². The van der Waals surface area contributed by atoms with Crippen LogP contribution in [0, 0.1) is 0 Å². The number of furan rings is 1. The van der Waals surface area contributed by atoms with Crippen LogP contribution >= 0.6 is 0 Å². The summed E-state index contributed by atoms with van der Waals surface area (Å²) < 4.78 is 11.3. The second-order valence-corrected chi connectivity index (χ2v) is 7.12. The molecule has 0 saturated heterocycles. The summed E-state index contributed by atoms with van der Waals surface area (Å²) in [6.07, 6.45) is 10.1. The zero-order valence-electron chi connectivity index (χ0n) is 16.7. The Labute approximate surface area is 162 Å². The molecule has 1 aliphatic carbocycles. The zero-order chi connectivity index (χ0) is 19.3. The number of hydrogen-bond acceptors (Lipinski definition) is 4. The Kier molecular flexibility index (Phi) is 9.76. The van der Waals surface area contributed by atoms with Crippen molar-refractivity contribution in [2.24, 2.45) is 4.99 Å². The van der Waals surface area contributed by atoms with Crippen molar-refractivity contribution in [3.05, 3.63) is 24.2 Å². The van der Waals surface area contributed by atoms with Crippen molar-refractivity contribution in [2.75, 3.05) is 40.3 Å². The van der Waals surface area contributed by atoms with Crippen molar-refractivity contribution in [1.82, 2.24) is 15.5 Å². The van der Waals surface area contributed by atoms with E-state index in [1.54, 1.807) is 25.3 Å². The van der Waals surface area contributed by atoms with Crippen LogP contribution in [0.2, 0.25) is 0 Å². The highest BCUT2D eigenvalue weighted by Crippen LogP contribution is 2.20. The van der Waals surface area contributed by atoms with Crippen molar-refractivity contribution in [2.45, 2.75) is 51.0 Å². The van der Waals surface area contributed by atoms with Gasteiger partial charge in [0.15, 0.2) is 5.96 Å². The first-order valence-corrected chi connectivity index (χ1v) is 10.0. The van der Waals surface area contributed by atoms with Crippen LogP contribution in [-0.4, -0.2) is 63.2 Å². The van der Waals surface area contributed by atoms with Crippen LogP contribution in [-0.2, 0) is 16.0 Å². The van der Waals surface area contributed by atoms with Gasteiger partial charge in [-0.15, -0.1) is 0 Å². The number of hydrogen-bond donors (Lipinski definition) is 2. The molecule has 1 heterocycles. The van der Waals surface area contributed by atoms with Crippen LogP contribution in [0.3, 0.4) is 0 Å². The SMILES string of the molecule is CN(C)C(=O)CN=C(NCCCOC1CCCCC1)NCCc1ccco1. The predicted molar refractivity (Wildman–Crippen MR) is 107 cm³/mol. The number of ether oxygens (including phenoxy) is 1. The minimum atomic E-state index is -0.0252. The highest BCUT2D eigenvalue weighted by atomic mass is 16.5. The predicted octanol–water partition coefficient (Wildman–Crippen LogP) is 2.18. The second-order valence-electron chi connectivity index (χ2n) is 7.12. The van der Waals surface area contributed by atoms with Gasteiger partial charge >= 0.3 is 0 Å². The molecule has 0 atom stereocenters. The van der Waals surface area contributed by atoms with Gasteiger partial charge < -0.3 is 24.7 Å². The van der Waals surface area contributed by atoms with Crippen molar-refractivity contribution in [3.8, 4) is 0 Å². The molecule has 2 rings (SSSR count). The monoisotopic (exact) mass is 378 g/mol. The van der Waals surface area contributed by atoms with Crippen molar-refractivity contribution in [3.63, 3.8) is 0 Å².